The van der Waals surface area contributed by atoms with Crippen molar-refractivity contribution in [1.82, 2.24) is 0 Å². The summed E-state index contributed by atoms with van der Waals surface area (Å²) in [5.41, 5.74) is 2.16. The smallest absolute Gasteiger partial charge is 0.126 e. The number of halogens is 1. The Morgan fingerprint density at radius 3 is 3.10 bits per heavy atom. The topological polar surface area (TPSA) is 0 Å². The van der Waals surface area contributed by atoms with Crippen LogP contribution in [0.1, 0.15) is 19.3 Å². The van der Waals surface area contributed by atoms with Crippen molar-refractivity contribution in [3.8, 4) is 0 Å². The molecule has 0 atom stereocenters. The van der Waals surface area contributed by atoms with Gasteiger partial charge in [0.05, 0.1) is 0 Å². The molecule has 0 aromatic heterocycles. The monoisotopic (exact) mass is 136 g/mol. The molecule has 0 heterocycles. The fourth-order valence-corrected chi connectivity index (χ4v) is 1.54. The first-order chi connectivity index (χ1) is 4.88. The lowest BCUT2D eigenvalue weighted by Gasteiger charge is -2.07. The zero-order valence-electron chi connectivity index (χ0n) is 5.73. The highest BCUT2D eigenvalue weighted by Gasteiger charge is 2.16. The summed E-state index contributed by atoms with van der Waals surface area (Å²) >= 11 is 0. The third-order valence-electron chi connectivity index (χ3n) is 2.06. The molecular weight excluding hydrogens is 127 g/mol. The minimum atomic E-state index is -0.0185. The summed E-state index contributed by atoms with van der Waals surface area (Å²) in [6.45, 7) is 0. The van der Waals surface area contributed by atoms with Gasteiger partial charge in [0.2, 0.25) is 0 Å². The number of allylic oxidation sites excluding steroid dienone is 6. The third-order valence-corrected chi connectivity index (χ3v) is 2.06. The van der Waals surface area contributed by atoms with Crippen LogP contribution in [0, 0.1) is 0 Å². The molecule has 0 aliphatic heterocycles. The van der Waals surface area contributed by atoms with Gasteiger partial charge >= 0.3 is 0 Å². The predicted molar refractivity (Wildman–Crippen MR) is 39.2 cm³/mol. The van der Waals surface area contributed by atoms with Gasteiger partial charge < -0.3 is 0 Å². The van der Waals surface area contributed by atoms with Crippen LogP contribution in [-0.4, -0.2) is 0 Å². The summed E-state index contributed by atoms with van der Waals surface area (Å²) in [6, 6.07) is 0. The largest absolute Gasteiger partial charge is 0.207 e. The summed E-state index contributed by atoms with van der Waals surface area (Å²) in [5, 5.41) is 0. The summed E-state index contributed by atoms with van der Waals surface area (Å²) in [6.07, 6.45) is 8.47. The van der Waals surface area contributed by atoms with Crippen LogP contribution in [0.4, 0.5) is 4.39 Å². The standard InChI is InChI=1S/C9H9F/c10-9-6-2-4-7-3-1-5-8(7)9/h2-3,6H,1,4-5H2. The van der Waals surface area contributed by atoms with Gasteiger partial charge in [-0.1, -0.05) is 12.2 Å². The van der Waals surface area contributed by atoms with Crippen LogP contribution in [0.2, 0.25) is 0 Å². The van der Waals surface area contributed by atoms with Gasteiger partial charge in [-0.2, -0.15) is 0 Å². The van der Waals surface area contributed by atoms with Gasteiger partial charge in [0.1, 0.15) is 5.83 Å². The van der Waals surface area contributed by atoms with Crippen molar-refractivity contribution in [2.75, 3.05) is 0 Å². The van der Waals surface area contributed by atoms with Crippen molar-refractivity contribution in [1.29, 1.82) is 0 Å². The highest BCUT2D eigenvalue weighted by molar-refractivity contribution is 5.45. The third kappa shape index (κ3) is 0.737. The Morgan fingerprint density at radius 2 is 2.30 bits per heavy atom. The van der Waals surface area contributed by atoms with E-state index in [1.165, 1.54) is 5.57 Å². The van der Waals surface area contributed by atoms with E-state index < -0.39 is 0 Å². The summed E-state index contributed by atoms with van der Waals surface area (Å²) in [5.74, 6) is -0.0185. The average molecular weight is 136 g/mol. The van der Waals surface area contributed by atoms with Gasteiger partial charge in [-0.3, -0.25) is 0 Å². The fraction of sp³-hybridized carbons (Fsp3) is 0.333. The maximum atomic E-state index is 12.9. The van der Waals surface area contributed by atoms with Crippen molar-refractivity contribution in [3.05, 3.63) is 35.2 Å². The van der Waals surface area contributed by atoms with Crippen LogP contribution >= 0.6 is 0 Å². The Labute approximate surface area is 59.7 Å². The maximum absolute atomic E-state index is 12.9. The molecule has 0 saturated carbocycles. The second-order valence-electron chi connectivity index (χ2n) is 2.70. The molecule has 0 amide bonds. The summed E-state index contributed by atoms with van der Waals surface area (Å²) in [7, 11) is 0. The SMILES string of the molecule is FC1=C2CCC=C2CC=C1. The van der Waals surface area contributed by atoms with E-state index in [-0.39, 0.29) is 5.83 Å². The Hall–Kier alpha value is -0.850. The molecule has 0 bridgehead atoms. The molecule has 0 saturated heterocycles. The molecule has 1 heteroatoms. The molecule has 2 rings (SSSR count). The molecular formula is C9H9F. The molecule has 10 heavy (non-hydrogen) atoms. The van der Waals surface area contributed by atoms with Crippen LogP contribution in [0.3, 0.4) is 0 Å². The lowest BCUT2D eigenvalue weighted by molar-refractivity contribution is 0.646. The Kier molecular flexibility index (Phi) is 1.23. The Morgan fingerprint density at radius 1 is 1.40 bits per heavy atom. The molecule has 52 valence electrons. The van der Waals surface area contributed by atoms with E-state index in [9.17, 15) is 4.39 Å². The quantitative estimate of drug-likeness (QED) is 0.480. The molecule has 2 aliphatic rings. The highest BCUT2D eigenvalue weighted by Crippen LogP contribution is 2.34. The van der Waals surface area contributed by atoms with Gasteiger partial charge in [-0.25, -0.2) is 4.39 Å². The minimum Gasteiger partial charge on any atom is -0.207 e. The van der Waals surface area contributed by atoms with E-state index in [0.717, 1.165) is 24.8 Å². The molecule has 0 spiro atoms. The van der Waals surface area contributed by atoms with Crippen LogP contribution in [0.15, 0.2) is 35.2 Å². The molecule has 0 N–H and O–H groups in total. The lowest BCUT2D eigenvalue weighted by atomic mass is 10.0. The first-order valence-electron chi connectivity index (χ1n) is 3.62. The first-order valence-corrected chi connectivity index (χ1v) is 3.62. The molecule has 0 unspecified atom stereocenters. The molecule has 0 aromatic rings. The van der Waals surface area contributed by atoms with Crippen molar-refractivity contribution in [3.63, 3.8) is 0 Å². The highest BCUT2D eigenvalue weighted by atomic mass is 19.1. The second kappa shape index (κ2) is 2.08. The van der Waals surface area contributed by atoms with Gasteiger partial charge in [-0.15, -0.1) is 0 Å². The maximum Gasteiger partial charge on any atom is 0.126 e. The minimum absolute atomic E-state index is 0.0185. The van der Waals surface area contributed by atoms with E-state index in [1.54, 1.807) is 6.08 Å². The van der Waals surface area contributed by atoms with Crippen LogP contribution in [0.5, 0.6) is 0 Å². The number of fused-ring (bicyclic) bond motifs is 1. The van der Waals surface area contributed by atoms with Crippen molar-refractivity contribution in [2.24, 2.45) is 0 Å². The van der Waals surface area contributed by atoms with Crippen LogP contribution in [-0.2, 0) is 0 Å². The van der Waals surface area contributed by atoms with E-state index >= 15 is 0 Å². The summed E-state index contributed by atoms with van der Waals surface area (Å²) in [4.78, 5) is 0. The molecule has 0 aromatic carbocycles. The molecule has 0 nitrogen and oxygen atoms in total. The summed E-state index contributed by atoms with van der Waals surface area (Å²) < 4.78 is 12.9. The van der Waals surface area contributed by atoms with Gasteiger partial charge in [0, 0.05) is 0 Å². The molecule has 2 aliphatic carbocycles. The number of rotatable bonds is 0. The predicted octanol–water partition coefficient (Wildman–Crippen LogP) is 2.89. The van der Waals surface area contributed by atoms with E-state index in [1.807, 2.05) is 6.08 Å². The van der Waals surface area contributed by atoms with Gasteiger partial charge in [-0.05, 0) is 36.5 Å². The van der Waals surface area contributed by atoms with Crippen LogP contribution in [0.25, 0.3) is 0 Å². The van der Waals surface area contributed by atoms with E-state index in [2.05, 4.69) is 6.08 Å². The molecule has 0 fully saturated rings. The van der Waals surface area contributed by atoms with Crippen molar-refractivity contribution in [2.45, 2.75) is 19.3 Å². The second-order valence-corrected chi connectivity index (χ2v) is 2.70. The van der Waals surface area contributed by atoms with Crippen molar-refractivity contribution >= 4 is 0 Å². The van der Waals surface area contributed by atoms with Crippen molar-refractivity contribution < 1.29 is 4.39 Å². The average Bonchev–Trinajstić information content (AvgIpc) is 2.36. The number of hydrogen-bond acceptors (Lipinski definition) is 0. The zero-order chi connectivity index (χ0) is 6.97. The first kappa shape index (κ1) is 5.90. The number of hydrogen-bond donors (Lipinski definition) is 0. The zero-order valence-corrected chi connectivity index (χ0v) is 5.73. The Bertz CT molecular complexity index is 243. The van der Waals surface area contributed by atoms with Gasteiger partial charge in [0.15, 0.2) is 0 Å². The lowest BCUT2D eigenvalue weighted by Crippen LogP contribution is -1.89. The van der Waals surface area contributed by atoms with Gasteiger partial charge in [0.25, 0.3) is 0 Å². The fourth-order valence-electron chi connectivity index (χ4n) is 1.54. The van der Waals surface area contributed by atoms with Crippen LogP contribution < -0.4 is 0 Å². The molecule has 0 radical (unpaired) electrons. The van der Waals surface area contributed by atoms with E-state index in [0.29, 0.717) is 0 Å². The Balaban J connectivity index is 2.45. The van der Waals surface area contributed by atoms with E-state index in [4.69, 9.17) is 0 Å². The normalized spacial score (nSPS) is 23.1.